The number of nitrogens with one attached hydrogen (secondary N) is 3. The third kappa shape index (κ3) is 8.58. The van der Waals surface area contributed by atoms with Gasteiger partial charge in [-0.2, -0.15) is 0 Å². The number of ether oxygens (including phenoxy) is 2. The van der Waals surface area contributed by atoms with Crippen LogP contribution in [0.5, 0.6) is 0 Å². The van der Waals surface area contributed by atoms with Crippen LogP contribution < -0.4 is 26.6 Å². The lowest BCUT2D eigenvalue weighted by molar-refractivity contribution is -0.253. The van der Waals surface area contributed by atoms with Crippen molar-refractivity contribution >= 4 is 40.5 Å². The topological polar surface area (TPSA) is 158 Å². The number of amides is 3. The van der Waals surface area contributed by atoms with Gasteiger partial charge in [-0.3, -0.25) is 14.4 Å². The average molecular weight is 733 g/mol. The van der Waals surface area contributed by atoms with Gasteiger partial charge in [0.25, 0.3) is 0 Å². The quantitative estimate of drug-likeness (QED) is 0.119. The second-order valence-electron chi connectivity index (χ2n) is 14.3. The molecule has 7 rings (SSSR count). The Labute approximate surface area is 315 Å². The van der Waals surface area contributed by atoms with Gasteiger partial charge in [-0.05, 0) is 66.8 Å². The fourth-order valence-corrected chi connectivity index (χ4v) is 7.68. The number of hydrogen-bond acceptors (Lipinski definition) is 9. The first-order valence-electron chi connectivity index (χ1n) is 18.7. The summed E-state index contributed by atoms with van der Waals surface area (Å²) in [5.41, 5.74) is 10.6. The summed E-state index contributed by atoms with van der Waals surface area (Å²) in [6.07, 6.45) is 1.67. The van der Waals surface area contributed by atoms with E-state index in [9.17, 15) is 19.5 Å². The number of nitrogens with zero attached hydrogens (tertiary/aromatic N) is 2. The van der Waals surface area contributed by atoms with Crippen molar-refractivity contribution in [3.63, 3.8) is 0 Å². The molecule has 0 radical (unpaired) electrons. The summed E-state index contributed by atoms with van der Waals surface area (Å²) in [6, 6.07) is 32.4. The van der Waals surface area contributed by atoms with E-state index in [2.05, 4.69) is 37.9 Å². The molecular formula is C42H48N6O6. The van der Waals surface area contributed by atoms with Gasteiger partial charge in [0.1, 0.15) is 5.54 Å². The molecule has 3 saturated heterocycles. The average Bonchev–Trinajstić information content (AvgIpc) is 3.51. The zero-order chi connectivity index (χ0) is 37.5. The van der Waals surface area contributed by atoms with Gasteiger partial charge in [0.15, 0.2) is 6.29 Å². The van der Waals surface area contributed by atoms with Crippen LogP contribution in [0.4, 0.5) is 22.7 Å². The minimum Gasteiger partial charge on any atom is -0.397 e. The van der Waals surface area contributed by atoms with Crippen molar-refractivity contribution in [2.24, 2.45) is 0 Å². The lowest BCUT2D eigenvalue weighted by atomic mass is 9.85. The van der Waals surface area contributed by atoms with Crippen LogP contribution in [0.15, 0.2) is 103 Å². The zero-order valence-corrected chi connectivity index (χ0v) is 30.3. The maximum atomic E-state index is 13.2. The van der Waals surface area contributed by atoms with Crippen molar-refractivity contribution in [2.45, 2.75) is 69.2 Å². The van der Waals surface area contributed by atoms with Crippen LogP contribution in [0.2, 0.25) is 0 Å². The normalized spacial score (nSPS) is 21.1. The predicted octanol–water partition coefficient (Wildman–Crippen LogP) is 5.48. The highest BCUT2D eigenvalue weighted by atomic mass is 16.7. The Morgan fingerprint density at radius 2 is 1.57 bits per heavy atom. The first-order valence-corrected chi connectivity index (χ1v) is 18.7. The number of likely N-dealkylation sites (tertiary alicyclic amines) is 1. The lowest BCUT2D eigenvalue weighted by Gasteiger charge is -2.45. The van der Waals surface area contributed by atoms with Gasteiger partial charge in [0, 0.05) is 55.8 Å². The minimum atomic E-state index is -0.692. The molecule has 0 aliphatic carbocycles. The Morgan fingerprint density at radius 3 is 2.31 bits per heavy atom. The molecule has 3 atom stereocenters. The summed E-state index contributed by atoms with van der Waals surface area (Å²) in [4.78, 5) is 43.2. The Hall–Kier alpha value is -5.27. The van der Waals surface area contributed by atoms with Crippen LogP contribution in [0.3, 0.4) is 0 Å². The van der Waals surface area contributed by atoms with Gasteiger partial charge < -0.3 is 46.1 Å². The number of aliphatic hydroxyl groups is 1. The monoisotopic (exact) mass is 732 g/mol. The van der Waals surface area contributed by atoms with Crippen LogP contribution >= 0.6 is 0 Å². The summed E-state index contributed by atoms with van der Waals surface area (Å²) >= 11 is 0. The number of hydrogen-bond donors (Lipinski definition) is 5. The molecule has 4 aromatic carbocycles. The van der Waals surface area contributed by atoms with Crippen molar-refractivity contribution in [1.29, 1.82) is 0 Å². The highest BCUT2D eigenvalue weighted by Crippen LogP contribution is 2.40. The first-order chi connectivity index (χ1) is 26.3. The van der Waals surface area contributed by atoms with Gasteiger partial charge >= 0.3 is 0 Å². The van der Waals surface area contributed by atoms with E-state index < -0.39 is 11.8 Å². The lowest BCUT2D eigenvalue weighted by Crippen LogP contribution is -2.57. The molecule has 54 heavy (non-hydrogen) atoms. The third-order valence-corrected chi connectivity index (χ3v) is 10.7. The number of nitrogen functional groups attached to an aromatic ring is 1. The van der Waals surface area contributed by atoms with Crippen molar-refractivity contribution in [3.8, 4) is 0 Å². The van der Waals surface area contributed by atoms with Gasteiger partial charge in [-0.1, -0.05) is 66.7 Å². The second-order valence-corrected chi connectivity index (χ2v) is 14.3. The van der Waals surface area contributed by atoms with E-state index in [0.717, 1.165) is 35.5 Å². The molecule has 1 spiro atoms. The zero-order valence-electron chi connectivity index (χ0n) is 30.3. The summed E-state index contributed by atoms with van der Waals surface area (Å²) in [6.45, 7) is 2.65. The molecule has 3 amide bonds. The number of para-hydroxylation sites is 3. The van der Waals surface area contributed by atoms with E-state index in [1.807, 2.05) is 66.7 Å². The fraction of sp³-hybridized carbons (Fsp3) is 0.357. The molecule has 6 N–H and O–H groups in total. The second kappa shape index (κ2) is 16.8. The van der Waals surface area contributed by atoms with E-state index in [-0.39, 0.29) is 49.4 Å². The van der Waals surface area contributed by atoms with Crippen molar-refractivity contribution in [1.82, 2.24) is 10.2 Å². The Kier molecular flexibility index (Phi) is 11.5. The molecular weight excluding hydrogens is 684 g/mol. The molecule has 282 valence electrons. The Balaban J connectivity index is 0.988. The predicted molar refractivity (Wildman–Crippen MR) is 207 cm³/mol. The van der Waals surface area contributed by atoms with Gasteiger partial charge in [0.05, 0.1) is 36.9 Å². The largest absolute Gasteiger partial charge is 0.397 e. The highest BCUT2D eigenvalue weighted by Gasteiger charge is 2.50. The van der Waals surface area contributed by atoms with Crippen LogP contribution in [-0.4, -0.2) is 65.7 Å². The van der Waals surface area contributed by atoms with Crippen molar-refractivity contribution in [3.05, 3.63) is 120 Å². The molecule has 0 unspecified atom stereocenters. The number of aliphatic hydroxyl groups excluding tert-OH is 1. The summed E-state index contributed by atoms with van der Waals surface area (Å²) < 4.78 is 13.2. The van der Waals surface area contributed by atoms with E-state index in [1.165, 1.54) is 0 Å². The van der Waals surface area contributed by atoms with E-state index in [4.69, 9.17) is 15.2 Å². The van der Waals surface area contributed by atoms with Crippen molar-refractivity contribution < 1.29 is 29.0 Å². The third-order valence-electron chi connectivity index (χ3n) is 10.7. The molecule has 0 saturated carbocycles. The number of carbonyl (C=O) groups is 3. The van der Waals surface area contributed by atoms with Crippen LogP contribution in [-0.2, 0) is 30.5 Å². The van der Waals surface area contributed by atoms with E-state index >= 15 is 0 Å². The van der Waals surface area contributed by atoms with Gasteiger partial charge in [0.2, 0.25) is 17.7 Å². The number of piperidine rings is 1. The first kappa shape index (κ1) is 37.1. The molecule has 3 aliphatic heterocycles. The van der Waals surface area contributed by atoms with Gasteiger partial charge in [-0.25, -0.2) is 0 Å². The summed E-state index contributed by atoms with van der Waals surface area (Å²) in [5.74, 6) is -0.313. The van der Waals surface area contributed by atoms with Crippen LogP contribution in [0.25, 0.3) is 0 Å². The number of nitrogens with two attached hydrogens (primary N) is 1. The molecule has 3 fully saturated rings. The molecule has 0 bridgehead atoms. The minimum absolute atomic E-state index is 0.0368. The van der Waals surface area contributed by atoms with Crippen molar-refractivity contribution in [2.75, 3.05) is 47.6 Å². The number of carbonyl (C=O) groups excluding carboxylic acids is 3. The van der Waals surface area contributed by atoms with Crippen LogP contribution in [0.1, 0.15) is 67.6 Å². The Bertz CT molecular complexity index is 1920. The SMILES string of the molecule is Nc1ccccc1NC(=O)CCCC(=O)Nc1cccc([C@H]2O[C@@H](CN3CCC4(CC3)C(=O)NCN4c3ccccc3)C[C@@H](c3ccc(CO)cc3)O2)c1. The maximum absolute atomic E-state index is 13.2. The molecule has 3 heterocycles. The molecule has 4 aromatic rings. The maximum Gasteiger partial charge on any atom is 0.247 e. The van der Waals surface area contributed by atoms with Crippen LogP contribution in [0, 0.1) is 0 Å². The molecule has 3 aliphatic rings. The van der Waals surface area contributed by atoms with Gasteiger partial charge in [-0.15, -0.1) is 0 Å². The number of anilines is 4. The van der Waals surface area contributed by atoms with E-state index in [1.54, 1.807) is 24.3 Å². The molecule has 0 aromatic heterocycles. The summed E-state index contributed by atoms with van der Waals surface area (Å²) in [5, 5.41) is 18.5. The Morgan fingerprint density at radius 1 is 0.852 bits per heavy atom. The van der Waals surface area contributed by atoms with E-state index in [0.29, 0.717) is 56.0 Å². The number of rotatable bonds is 12. The standard InChI is InChI=1S/C42H48N6O6/c43-35-12-4-5-13-36(35)46-39(51)15-7-14-38(50)45-32-9-6-8-31(24-32)40-53-34(25-37(54-40)30-18-16-29(27-49)17-19-30)26-47-22-20-42(21-23-47)41(52)44-28-48(42)33-10-2-1-3-11-33/h1-6,8-13,16-19,24,34,37,40,49H,7,14-15,20-23,25-28,43H2,(H,44,52)(H,45,50)(H,46,51)/t34-,37+,40+/m1/s1. The number of benzene rings is 4. The highest BCUT2D eigenvalue weighted by molar-refractivity contribution is 5.95. The smallest absolute Gasteiger partial charge is 0.247 e. The molecule has 12 nitrogen and oxygen atoms in total. The fourth-order valence-electron chi connectivity index (χ4n) is 7.68. The summed E-state index contributed by atoms with van der Waals surface area (Å²) in [7, 11) is 0. The molecule has 12 heteroatoms.